The van der Waals surface area contributed by atoms with Gasteiger partial charge in [-0.25, -0.2) is 4.98 Å². The monoisotopic (exact) mass is 328 g/mol. The lowest BCUT2D eigenvalue weighted by Gasteiger charge is -2.04. The summed E-state index contributed by atoms with van der Waals surface area (Å²) in [5, 5.41) is 7.16. The maximum Gasteiger partial charge on any atom is 0.205 e. The molecule has 0 fully saturated rings. The predicted octanol–water partition coefficient (Wildman–Crippen LogP) is 4.49. The molecule has 0 radical (unpaired) electrons. The van der Waals surface area contributed by atoms with Gasteiger partial charge < -0.3 is 5.73 Å². The quantitative estimate of drug-likeness (QED) is 0.548. The highest BCUT2D eigenvalue weighted by atomic mass is 35.5. The van der Waals surface area contributed by atoms with Gasteiger partial charge in [-0.3, -0.25) is 5.43 Å². The van der Waals surface area contributed by atoms with Crippen molar-refractivity contribution in [2.45, 2.75) is 0 Å². The number of benzene rings is 2. The van der Waals surface area contributed by atoms with Crippen LogP contribution in [0, 0.1) is 0 Å². The Hall–Kier alpha value is -2.37. The molecule has 0 unspecified atom stereocenters. The van der Waals surface area contributed by atoms with E-state index in [-0.39, 0.29) is 0 Å². The lowest BCUT2D eigenvalue weighted by molar-refractivity contribution is 1.29. The van der Waals surface area contributed by atoms with Crippen LogP contribution in [0.3, 0.4) is 0 Å². The van der Waals surface area contributed by atoms with E-state index in [1.165, 1.54) is 11.3 Å². The number of anilines is 2. The van der Waals surface area contributed by atoms with Crippen LogP contribution in [-0.2, 0) is 0 Å². The Bertz CT molecular complexity index is 799. The van der Waals surface area contributed by atoms with Crippen molar-refractivity contribution in [1.82, 2.24) is 4.98 Å². The van der Waals surface area contributed by atoms with Gasteiger partial charge in [-0.15, -0.1) is 11.3 Å². The van der Waals surface area contributed by atoms with Gasteiger partial charge in [-0.2, -0.15) is 5.10 Å². The van der Waals surface area contributed by atoms with Gasteiger partial charge in [0.05, 0.1) is 11.2 Å². The lowest BCUT2D eigenvalue weighted by atomic mass is 10.0. The summed E-state index contributed by atoms with van der Waals surface area (Å²) in [4.78, 5) is 4.06. The average molecular weight is 329 g/mol. The minimum Gasteiger partial charge on any atom is -0.383 e. The molecule has 0 saturated heterocycles. The van der Waals surface area contributed by atoms with Gasteiger partial charge in [0.2, 0.25) is 5.13 Å². The maximum absolute atomic E-state index is 6.31. The second-order valence-corrected chi connectivity index (χ2v) is 5.82. The summed E-state index contributed by atoms with van der Waals surface area (Å²) in [6.45, 7) is 0. The Labute approximate surface area is 137 Å². The Balaban J connectivity index is 1.75. The van der Waals surface area contributed by atoms with E-state index >= 15 is 0 Å². The maximum atomic E-state index is 6.31. The van der Waals surface area contributed by atoms with Crippen molar-refractivity contribution in [1.29, 1.82) is 0 Å². The van der Waals surface area contributed by atoms with E-state index in [0.29, 0.717) is 16.0 Å². The molecular formula is C16H13ClN4S. The third-order valence-electron chi connectivity index (χ3n) is 2.99. The number of halogens is 1. The molecule has 0 amide bonds. The minimum absolute atomic E-state index is 0.480. The molecule has 110 valence electrons. The van der Waals surface area contributed by atoms with Gasteiger partial charge in [0.25, 0.3) is 0 Å². The van der Waals surface area contributed by atoms with E-state index < -0.39 is 0 Å². The Morgan fingerprint density at radius 1 is 1.14 bits per heavy atom. The number of hydrazone groups is 1. The molecule has 0 spiro atoms. The van der Waals surface area contributed by atoms with Crippen LogP contribution in [0.1, 0.15) is 5.56 Å². The van der Waals surface area contributed by atoms with Crippen molar-refractivity contribution >= 4 is 40.1 Å². The lowest BCUT2D eigenvalue weighted by Crippen LogP contribution is -1.92. The summed E-state index contributed by atoms with van der Waals surface area (Å²) in [6, 6.07) is 16.0. The molecule has 3 N–H and O–H groups in total. The summed E-state index contributed by atoms with van der Waals surface area (Å²) in [5.41, 5.74) is 11.4. The third kappa shape index (κ3) is 3.44. The van der Waals surface area contributed by atoms with Crippen LogP contribution in [0.5, 0.6) is 0 Å². The highest BCUT2D eigenvalue weighted by Gasteiger charge is 2.02. The van der Waals surface area contributed by atoms with Gasteiger partial charge in [-0.1, -0.05) is 54.1 Å². The SMILES string of the molecule is Nc1csc(NN=Cc2ccc(-c3ccccc3)cc2Cl)n1. The summed E-state index contributed by atoms with van der Waals surface area (Å²) >= 11 is 7.71. The molecular weight excluding hydrogens is 316 g/mol. The Morgan fingerprint density at radius 2 is 1.95 bits per heavy atom. The first-order chi connectivity index (χ1) is 10.7. The van der Waals surface area contributed by atoms with Crippen LogP contribution in [0.25, 0.3) is 11.1 Å². The third-order valence-corrected chi connectivity index (χ3v) is 4.09. The zero-order valence-electron chi connectivity index (χ0n) is 11.5. The number of hydrogen-bond donors (Lipinski definition) is 2. The zero-order chi connectivity index (χ0) is 15.4. The fourth-order valence-corrected chi connectivity index (χ4v) is 2.71. The minimum atomic E-state index is 0.480. The van der Waals surface area contributed by atoms with Gasteiger partial charge in [0.1, 0.15) is 5.82 Å². The van der Waals surface area contributed by atoms with Crippen LogP contribution in [0.15, 0.2) is 59.0 Å². The molecule has 1 aromatic heterocycles. The predicted molar refractivity (Wildman–Crippen MR) is 94.6 cm³/mol. The number of nitrogen functional groups attached to an aromatic ring is 1. The zero-order valence-corrected chi connectivity index (χ0v) is 13.1. The van der Waals surface area contributed by atoms with E-state index in [4.69, 9.17) is 17.3 Å². The fraction of sp³-hybridized carbons (Fsp3) is 0. The van der Waals surface area contributed by atoms with Crippen LogP contribution < -0.4 is 11.2 Å². The fourth-order valence-electron chi connectivity index (χ4n) is 1.94. The number of nitrogens with zero attached hydrogens (tertiary/aromatic N) is 2. The first kappa shape index (κ1) is 14.6. The molecule has 4 nitrogen and oxygen atoms in total. The number of hydrogen-bond acceptors (Lipinski definition) is 5. The molecule has 22 heavy (non-hydrogen) atoms. The van der Waals surface area contributed by atoms with Crippen LogP contribution in [-0.4, -0.2) is 11.2 Å². The van der Waals surface area contributed by atoms with Gasteiger partial charge in [-0.05, 0) is 17.2 Å². The Kier molecular flexibility index (Phi) is 4.37. The Morgan fingerprint density at radius 3 is 2.64 bits per heavy atom. The smallest absolute Gasteiger partial charge is 0.205 e. The summed E-state index contributed by atoms with van der Waals surface area (Å²) in [6.07, 6.45) is 1.66. The highest BCUT2D eigenvalue weighted by molar-refractivity contribution is 7.14. The van der Waals surface area contributed by atoms with E-state index in [1.54, 1.807) is 11.6 Å². The van der Waals surface area contributed by atoms with E-state index in [1.807, 2.05) is 48.5 Å². The average Bonchev–Trinajstić information content (AvgIpc) is 2.95. The molecule has 0 aliphatic carbocycles. The molecule has 0 atom stereocenters. The van der Waals surface area contributed by atoms with Crippen molar-refractivity contribution in [3.63, 3.8) is 0 Å². The molecule has 3 rings (SSSR count). The molecule has 6 heteroatoms. The normalized spacial score (nSPS) is 11.0. The van der Waals surface area contributed by atoms with E-state index in [2.05, 4.69) is 15.5 Å². The molecule has 3 aromatic rings. The van der Waals surface area contributed by atoms with Crippen LogP contribution >= 0.6 is 22.9 Å². The van der Waals surface area contributed by atoms with Crippen molar-refractivity contribution in [3.05, 3.63) is 64.5 Å². The summed E-state index contributed by atoms with van der Waals surface area (Å²) in [5.74, 6) is 0.480. The van der Waals surface area contributed by atoms with E-state index in [0.717, 1.165) is 16.7 Å². The second-order valence-electron chi connectivity index (χ2n) is 4.55. The van der Waals surface area contributed by atoms with Crippen LogP contribution in [0.4, 0.5) is 10.9 Å². The number of rotatable bonds is 4. The van der Waals surface area contributed by atoms with Gasteiger partial charge in [0, 0.05) is 10.9 Å². The second kappa shape index (κ2) is 6.60. The molecule has 1 heterocycles. The van der Waals surface area contributed by atoms with Crippen LogP contribution in [0.2, 0.25) is 5.02 Å². The topological polar surface area (TPSA) is 63.3 Å². The van der Waals surface area contributed by atoms with Crippen molar-refractivity contribution in [2.75, 3.05) is 11.2 Å². The first-order valence-electron chi connectivity index (χ1n) is 6.57. The first-order valence-corrected chi connectivity index (χ1v) is 7.83. The molecule has 0 aliphatic heterocycles. The van der Waals surface area contributed by atoms with Crippen molar-refractivity contribution in [3.8, 4) is 11.1 Å². The molecule has 2 aromatic carbocycles. The number of nitrogens with one attached hydrogen (secondary N) is 1. The van der Waals surface area contributed by atoms with Gasteiger partial charge >= 0.3 is 0 Å². The molecule has 0 aliphatic rings. The summed E-state index contributed by atoms with van der Waals surface area (Å²) < 4.78 is 0. The summed E-state index contributed by atoms with van der Waals surface area (Å²) in [7, 11) is 0. The van der Waals surface area contributed by atoms with E-state index in [9.17, 15) is 0 Å². The number of aromatic nitrogens is 1. The number of thiazole rings is 1. The van der Waals surface area contributed by atoms with Gasteiger partial charge in [0.15, 0.2) is 0 Å². The molecule has 0 saturated carbocycles. The van der Waals surface area contributed by atoms with Crippen molar-refractivity contribution < 1.29 is 0 Å². The highest BCUT2D eigenvalue weighted by Crippen LogP contribution is 2.25. The standard InChI is InChI=1S/C16H13ClN4S/c17-14-8-12(11-4-2-1-3-5-11)6-7-13(14)9-19-21-16-20-15(18)10-22-16/h1-10H,18H2,(H,20,21). The van der Waals surface area contributed by atoms with Crippen molar-refractivity contribution in [2.24, 2.45) is 5.10 Å². The number of nitrogens with two attached hydrogens (primary N) is 1. The largest absolute Gasteiger partial charge is 0.383 e. The molecule has 0 bridgehead atoms.